The van der Waals surface area contributed by atoms with Crippen LogP contribution in [0.25, 0.3) is 22.4 Å². The van der Waals surface area contributed by atoms with E-state index in [1.165, 1.54) is 19.2 Å². The Kier molecular flexibility index (Phi) is 7.09. The van der Waals surface area contributed by atoms with Gasteiger partial charge in [-0.2, -0.15) is 31.4 Å². The highest BCUT2D eigenvalue weighted by atomic mass is 35.5. The van der Waals surface area contributed by atoms with Gasteiger partial charge >= 0.3 is 12.4 Å². The molecule has 0 amide bonds. The zero-order valence-corrected chi connectivity index (χ0v) is 20.3. The smallest absolute Gasteiger partial charge is 0.435 e. The molecule has 3 aromatic carbocycles. The fourth-order valence-corrected chi connectivity index (χ4v) is 4.05. The van der Waals surface area contributed by atoms with Crippen LogP contribution >= 0.6 is 23.2 Å². The highest BCUT2D eigenvalue weighted by molar-refractivity contribution is 6.33. The molecule has 0 aliphatic carbocycles. The van der Waals surface area contributed by atoms with Gasteiger partial charge in [0.15, 0.2) is 5.69 Å². The summed E-state index contributed by atoms with van der Waals surface area (Å²) in [5, 5.41) is 14.8. The van der Waals surface area contributed by atoms with Crippen LogP contribution in [0.1, 0.15) is 16.8 Å². The number of aromatic hydroxyl groups is 1. The minimum absolute atomic E-state index is 0.00879. The molecule has 0 saturated heterocycles. The normalized spacial score (nSPS) is 12.1. The van der Waals surface area contributed by atoms with Crippen molar-refractivity contribution in [1.29, 1.82) is 0 Å². The van der Waals surface area contributed by atoms with E-state index in [0.29, 0.717) is 16.7 Å². The summed E-state index contributed by atoms with van der Waals surface area (Å²) >= 11 is 12.1. The van der Waals surface area contributed by atoms with Gasteiger partial charge in [0.05, 0.1) is 16.8 Å². The summed E-state index contributed by atoms with van der Waals surface area (Å²) in [6.07, 6.45) is -9.39. The molecule has 1 aromatic heterocycles. The van der Waals surface area contributed by atoms with Crippen LogP contribution in [0, 0.1) is 0 Å². The summed E-state index contributed by atoms with van der Waals surface area (Å²) in [5.74, 6) is -0.511. The lowest BCUT2D eigenvalue weighted by atomic mass is 9.97. The number of phenolic OH excluding ortho intramolecular Hbond substituents is 1. The number of rotatable bonds is 5. The van der Waals surface area contributed by atoms with Crippen LogP contribution in [0.15, 0.2) is 60.7 Å². The van der Waals surface area contributed by atoms with E-state index >= 15 is 0 Å². The Morgan fingerprint density at radius 1 is 0.865 bits per heavy atom. The number of alkyl halides is 6. The Morgan fingerprint density at radius 2 is 1.51 bits per heavy atom. The first-order valence-corrected chi connectivity index (χ1v) is 11.2. The summed E-state index contributed by atoms with van der Waals surface area (Å²) < 4.78 is 85.9. The molecule has 0 spiro atoms. The summed E-state index contributed by atoms with van der Waals surface area (Å²) in [6, 6.07) is 12.6. The molecule has 0 radical (unpaired) electrons. The standard InChI is InChI=1S/C25H16Cl2F6N2O2/c1-35-19(11-21(34-35)25(31,32)33)17-8-9-20(37-12-13-2-5-15(26)6-3-13)22(23(17)36)16-7-4-14(10-18(16)27)24(28,29)30/h2-11,36H,12H2,1H3. The van der Waals surface area contributed by atoms with Gasteiger partial charge in [-0.25, -0.2) is 0 Å². The van der Waals surface area contributed by atoms with Crippen molar-refractivity contribution in [2.45, 2.75) is 19.0 Å². The van der Waals surface area contributed by atoms with Gasteiger partial charge in [0, 0.05) is 28.2 Å². The van der Waals surface area contributed by atoms with E-state index in [9.17, 15) is 31.4 Å². The summed E-state index contributed by atoms with van der Waals surface area (Å²) in [6.45, 7) is -0.00879. The molecule has 1 N–H and O–H groups in total. The van der Waals surface area contributed by atoms with Crippen molar-refractivity contribution in [3.63, 3.8) is 0 Å². The van der Waals surface area contributed by atoms with Crippen LogP contribution in [0.2, 0.25) is 10.0 Å². The van der Waals surface area contributed by atoms with E-state index in [1.807, 2.05) is 0 Å². The fourth-order valence-electron chi connectivity index (χ4n) is 3.65. The van der Waals surface area contributed by atoms with Crippen molar-refractivity contribution in [1.82, 2.24) is 9.78 Å². The van der Waals surface area contributed by atoms with E-state index in [-0.39, 0.29) is 39.8 Å². The molecule has 0 aliphatic rings. The zero-order chi connectivity index (χ0) is 27.1. The fraction of sp³-hybridized carbons (Fsp3) is 0.160. The van der Waals surface area contributed by atoms with Crippen molar-refractivity contribution in [2.75, 3.05) is 0 Å². The molecular weight excluding hydrogens is 545 g/mol. The van der Waals surface area contributed by atoms with E-state index in [4.69, 9.17) is 27.9 Å². The van der Waals surface area contributed by atoms with E-state index in [0.717, 1.165) is 22.9 Å². The number of ether oxygens (including phenoxy) is 1. The molecule has 4 aromatic rings. The lowest BCUT2D eigenvalue weighted by Gasteiger charge is -2.18. The topological polar surface area (TPSA) is 47.3 Å². The highest BCUT2D eigenvalue weighted by Crippen LogP contribution is 2.48. The van der Waals surface area contributed by atoms with Crippen molar-refractivity contribution < 1.29 is 36.2 Å². The monoisotopic (exact) mass is 560 g/mol. The minimum Gasteiger partial charge on any atom is -0.506 e. The molecule has 0 bridgehead atoms. The van der Waals surface area contributed by atoms with Crippen molar-refractivity contribution in [3.8, 4) is 33.9 Å². The van der Waals surface area contributed by atoms with Crippen LogP contribution in [0.5, 0.6) is 11.5 Å². The van der Waals surface area contributed by atoms with Crippen molar-refractivity contribution in [3.05, 3.63) is 87.5 Å². The maximum atomic E-state index is 13.2. The molecule has 0 unspecified atom stereocenters. The summed E-state index contributed by atoms with van der Waals surface area (Å²) in [5.41, 5.74) is -1.76. The van der Waals surface area contributed by atoms with Crippen LogP contribution in [0.3, 0.4) is 0 Å². The van der Waals surface area contributed by atoms with Gasteiger partial charge in [-0.05, 0) is 48.0 Å². The Balaban J connectivity index is 1.86. The van der Waals surface area contributed by atoms with Crippen molar-refractivity contribution in [2.24, 2.45) is 7.05 Å². The lowest BCUT2D eigenvalue weighted by Crippen LogP contribution is -2.06. The largest absolute Gasteiger partial charge is 0.506 e. The van der Waals surface area contributed by atoms with E-state index < -0.39 is 29.4 Å². The predicted molar refractivity (Wildman–Crippen MR) is 127 cm³/mol. The Morgan fingerprint density at radius 3 is 2.08 bits per heavy atom. The van der Waals surface area contributed by atoms with E-state index in [1.54, 1.807) is 24.3 Å². The average Bonchev–Trinajstić information content (AvgIpc) is 3.20. The number of benzene rings is 3. The maximum absolute atomic E-state index is 13.2. The Bertz CT molecular complexity index is 1450. The first-order valence-electron chi connectivity index (χ1n) is 10.5. The first kappa shape index (κ1) is 26.7. The molecule has 4 rings (SSSR count). The predicted octanol–water partition coefficient (Wildman–Crippen LogP) is 8.38. The summed E-state index contributed by atoms with van der Waals surface area (Å²) in [7, 11) is 1.26. The molecule has 12 heteroatoms. The van der Waals surface area contributed by atoms with Gasteiger partial charge in [-0.3, -0.25) is 4.68 Å². The Hall–Kier alpha value is -3.37. The number of nitrogens with zero attached hydrogens (tertiary/aromatic N) is 2. The lowest BCUT2D eigenvalue weighted by molar-refractivity contribution is -0.141. The van der Waals surface area contributed by atoms with Gasteiger partial charge in [-0.15, -0.1) is 0 Å². The molecule has 0 atom stereocenters. The second kappa shape index (κ2) is 9.83. The highest BCUT2D eigenvalue weighted by Gasteiger charge is 2.35. The van der Waals surface area contributed by atoms with Gasteiger partial charge in [0.1, 0.15) is 18.1 Å². The van der Waals surface area contributed by atoms with Gasteiger partial charge in [-0.1, -0.05) is 41.4 Å². The number of aryl methyl sites for hydroxylation is 1. The molecule has 194 valence electrons. The molecule has 0 aliphatic heterocycles. The quantitative estimate of drug-likeness (QED) is 0.249. The average molecular weight is 561 g/mol. The molecular formula is C25H16Cl2F6N2O2. The minimum atomic E-state index is -4.73. The maximum Gasteiger partial charge on any atom is 0.435 e. The third kappa shape index (κ3) is 5.65. The third-order valence-electron chi connectivity index (χ3n) is 5.46. The molecule has 0 fully saturated rings. The zero-order valence-electron chi connectivity index (χ0n) is 18.8. The number of hydrogen-bond donors (Lipinski definition) is 1. The van der Waals surface area contributed by atoms with Crippen LogP contribution in [-0.4, -0.2) is 14.9 Å². The van der Waals surface area contributed by atoms with Gasteiger partial charge < -0.3 is 9.84 Å². The second-order valence-electron chi connectivity index (χ2n) is 7.98. The number of halogens is 8. The third-order valence-corrected chi connectivity index (χ3v) is 6.02. The Labute approximate surface area is 216 Å². The molecule has 1 heterocycles. The number of phenols is 1. The van der Waals surface area contributed by atoms with Gasteiger partial charge in [0.2, 0.25) is 0 Å². The van der Waals surface area contributed by atoms with Crippen LogP contribution < -0.4 is 4.74 Å². The molecule has 4 nitrogen and oxygen atoms in total. The molecule has 37 heavy (non-hydrogen) atoms. The second-order valence-corrected chi connectivity index (χ2v) is 8.82. The molecule has 0 saturated carbocycles. The summed E-state index contributed by atoms with van der Waals surface area (Å²) in [4.78, 5) is 0. The van der Waals surface area contributed by atoms with Crippen LogP contribution in [0.4, 0.5) is 26.3 Å². The number of hydrogen-bond acceptors (Lipinski definition) is 3. The van der Waals surface area contributed by atoms with Gasteiger partial charge in [0.25, 0.3) is 0 Å². The van der Waals surface area contributed by atoms with E-state index in [2.05, 4.69) is 5.10 Å². The van der Waals surface area contributed by atoms with Crippen molar-refractivity contribution >= 4 is 23.2 Å². The first-order chi connectivity index (χ1) is 17.3. The van der Waals surface area contributed by atoms with Crippen LogP contribution in [-0.2, 0) is 26.0 Å². The SMILES string of the molecule is Cn1nc(C(F)(F)F)cc1-c1ccc(OCc2ccc(Cl)cc2)c(-c2ccc(C(F)(F)F)cc2Cl)c1O. The number of aromatic nitrogens is 2.